The van der Waals surface area contributed by atoms with Gasteiger partial charge in [0.05, 0.1) is 17.6 Å². The van der Waals surface area contributed by atoms with Gasteiger partial charge in [0.25, 0.3) is 5.89 Å². The molecule has 0 amide bonds. The van der Waals surface area contributed by atoms with E-state index in [4.69, 9.17) is 14.0 Å². The summed E-state index contributed by atoms with van der Waals surface area (Å²) >= 11 is 0. The number of halogens is 1. The minimum Gasteiger partial charge on any atom is -0.475 e. The first-order chi connectivity index (χ1) is 18.5. The Kier molecular flexibility index (Phi) is 6.97. The van der Waals surface area contributed by atoms with Crippen LogP contribution in [0.15, 0.2) is 59.3 Å². The van der Waals surface area contributed by atoms with Gasteiger partial charge in [-0.2, -0.15) is 4.98 Å². The van der Waals surface area contributed by atoms with E-state index in [0.29, 0.717) is 28.7 Å². The summed E-state index contributed by atoms with van der Waals surface area (Å²) in [6.45, 7) is 11.5. The molecule has 39 heavy (non-hydrogen) atoms. The van der Waals surface area contributed by atoms with Gasteiger partial charge in [0.2, 0.25) is 11.7 Å². The van der Waals surface area contributed by atoms with Crippen molar-refractivity contribution in [3.05, 3.63) is 71.7 Å². The molecule has 0 aliphatic heterocycles. The SMILES string of the molecule is Cc1cc([C@H]2C[C@@H]2C(=O)OC(C)(C)C)ccc1-c1noc(-c2cnc(OC(C)C)c(-c3ccc(F)cc3)c2)n1. The summed E-state index contributed by atoms with van der Waals surface area (Å²) in [5.41, 5.74) is 4.52. The van der Waals surface area contributed by atoms with Crippen LogP contribution in [0, 0.1) is 18.7 Å². The van der Waals surface area contributed by atoms with Crippen LogP contribution in [0.2, 0.25) is 0 Å². The molecule has 2 aromatic carbocycles. The minimum absolute atomic E-state index is 0.0847. The molecule has 8 heteroatoms. The van der Waals surface area contributed by atoms with Crippen molar-refractivity contribution in [3.8, 4) is 39.8 Å². The number of pyridine rings is 1. The van der Waals surface area contributed by atoms with Gasteiger partial charge >= 0.3 is 5.97 Å². The summed E-state index contributed by atoms with van der Waals surface area (Å²) in [5.74, 6) is 0.811. The monoisotopic (exact) mass is 529 g/mol. The van der Waals surface area contributed by atoms with Gasteiger partial charge in [-0.3, -0.25) is 4.79 Å². The molecule has 0 unspecified atom stereocenters. The van der Waals surface area contributed by atoms with Crippen molar-refractivity contribution in [2.75, 3.05) is 0 Å². The van der Waals surface area contributed by atoms with Crippen molar-refractivity contribution in [2.24, 2.45) is 5.92 Å². The number of ether oxygens (including phenoxy) is 2. The smallest absolute Gasteiger partial charge is 0.310 e. The van der Waals surface area contributed by atoms with E-state index in [1.807, 2.05) is 59.7 Å². The molecule has 1 saturated carbocycles. The minimum atomic E-state index is -0.489. The van der Waals surface area contributed by atoms with Crippen LogP contribution in [0.3, 0.4) is 0 Å². The van der Waals surface area contributed by atoms with Crippen LogP contribution in [-0.4, -0.2) is 32.8 Å². The second-order valence-corrected chi connectivity index (χ2v) is 11.2. The molecule has 1 aliphatic rings. The molecule has 0 N–H and O–H groups in total. The molecule has 0 spiro atoms. The quantitative estimate of drug-likeness (QED) is 0.235. The predicted octanol–water partition coefficient (Wildman–Crippen LogP) is 7.15. The molecule has 5 rings (SSSR count). The fourth-order valence-electron chi connectivity index (χ4n) is 4.54. The van der Waals surface area contributed by atoms with Crippen molar-refractivity contribution in [1.82, 2.24) is 15.1 Å². The van der Waals surface area contributed by atoms with E-state index in [1.54, 1.807) is 18.3 Å². The van der Waals surface area contributed by atoms with Gasteiger partial charge in [-0.05, 0) is 88.8 Å². The van der Waals surface area contributed by atoms with Gasteiger partial charge in [0.1, 0.15) is 11.4 Å². The number of hydrogen-bond donors (Lipinski definition) is 0. The second-order valence-electron chi connectivity index (χ2n) is 11.2. The number of carbonyl (C=O) groups excluding carboxylic acids is 1. The molecule has 4 aromatic rings. The molecular weight excluding hydrogens is 497 g/mol. The Balaban J connectivity index is 1.38. The van der Waals surface area contributed by atoms with Crippen LogP contribution in [0.1, 0.15) is 58.1 Å². The zero-order valence-corrected chi connectivity index (χ0v) is 23.0. The lowest BCUT2D eigenvalue weighted by Gasteiger charge is -2.19. The van der Waals surface area contributed by atoms with Gasteiger partial charge in [0, 0.05) is 17.3 Å². The van der Waals surface area contributed by atoms with E-state index in [0.717, 1.165) is 28.7 Å². The van der Waals surface area contributed by atoms with Gasteiger partial charge in [-0.25, -0.2) is 9.37 Å². The standard InChI is InChI=1S/C31H32FN3O4/c1-17(2)37-29-25(19-7-10-22(32)11-8-19)14-21(16-33-29)28-34-27(35-39-28)23-12-9-20(13-18(23)3)24-15-26(24)30(36)38-31(4,5)6/h7-14,16-17,24,26H,15H2,1-6H3/t24-,26+/m1/s1. The average molecular weight is 530 g/mol. The van der Waals surface area contributed by atoms with E-state index in [-0.39, 0.29) is 29.7 Å². The summed E-state index contributed by atoms with van der Waals surface area (Å²) in [6.07, 6.45) is 2.33. The van der Waals surface area contributed by atoms with Crippen LogP contribution < -0.4 is 4.74 Å². The summed E-state index contributed by atoms with van der Waals surface area (Å²) in [6, 6.07) is 14.1. The maximum atomic E-state index is 13.5. The van der Waals surface area contributed by atoms with Gasteiger partial charge < -0.3 is 14.0 Å². The number of nitrogens with zero attached hydrogens (tertiary/aromatic N) is 3. The molecule has 1 fully saturated rings. The van der Waals surface area contributed by atoms with Crippen LogP contribution in [0.5, 0.6) is 5.88 Å². The largest absolute Gasteiger partial charge is 0.475 e. The lowest BCUT2D eigenvalue weighted by molar-refractivity contribution is -0.156. The first-order valence-corrected chi connectivity index (χ1v) is 13.1. The molecule has 0 radical (unpaired) electrons. The van der Waals surface area contributed by atoms with Gasteiger partial charge in [-0.15, -0.1) is 0 Å². The van der Waals surface area contributed by atoms with E-state index < -0.39 is 5.60 Å². The number of carbonyl (C=O) groups is 1. The van der Waals surface area contributed by atoms with Crippen LogP contribution in [-0.2, 0) is 9.53 Å². The fraction of sp³-hybridized carbons (Fsp3) is 0.355. The van der Waals surface area contributed by atoms with Crippen molar-refractivity contribution in [3.63, 3.8) is 0 Å². The zero-order chi connectivity index (χ0) is 27.9. The maximum absolute atomic E-state index is 13.5. The zero-order valence-electron chi connectivity index (χ0n) is 23.0. The highest BCUT2D eigenvalue weighted by molar-refractivity contribution is 5.78. The van der Waals surface area contributed by atoms with Crippen LogP contribution >= 0.6 is 0 Å². The molecule has 2 heterocycles. The summed E-state index contributed by atoms with van der Waals surface area (Å²) in [7, 11) is 0. The molecule has 0 bridgehead atoms. The highest BCUT2D eigenvalue weighted by Gasteiger charge is 2.46. The van der Waals surface area contributed by atoms with Crippen molar-refractivity contribution in [2.45, 2.75) is 65.6 Å². The Morgan fingerprint density at radius 3 is 2.46 bits per heavy atom. The fourth-order valence-corrected chi connectivity index (χ4v) is 4.54. The van der Waals surface area contributed by atoms with Crippen molar-refractivity contribution < 1.29 is 23.2 Å². The Labute approximate surface area is 227 Å². The summed E-state index contributed by atoms with van der Waals surface area (Å²) in [4.78, 5) is 21.6. The Bertz CT molecular complexity index is 1510. The topological polar surface area (TPSA) is 87.3 Å². The number of aryl methyl sites for hydroxylation is 1. The van der Waals surface area contributed by atoms with E-state index in [2.05, 4.69) is 21.2 Å². The summed E-state index contributed by atoms with van der Waals surface area (Å²) < 4.78 is 30.6. The molecule has 0 saturated heterocycles. The number of benzene rings is 2. The first kappa shape index (κ1) is 26.5. The molecule has 2 aromatic heterocycles. The maximum Gasteiger partial charge on any atom is 0.310 e. The highest BCUT2D eigenvalue weighted by atomic mass is 19.1. The Morgan fingerprint density at radius 2 is 1.79 bits per heavy atom. The first-order valence-electron chi connectivity index (χ1n) is 13.1. The molecular formula is C31H32FN3O4. The average Bonchev–Trinajstić information content (AvgIpc) is 3.53. The highest BCUT2D eigenvalue weighted by Crippen LogP contribution is 2.49. The summed E-state index contributed by atoms with van der Waals surface area (Å²) in [5, 5.41) is 4.21. The number of esters is 1. The molecule has 202 valence electrons. The number of hydrogen-bond acceptors (Lipinski definition) is 7. The molecule has 7 nitrogen and oxygen atoms in total. The third kappa shape index (κ3) is 6.00. The second kappa shape index (κ2) is 10.2. The Hall–Kier alpha value is -4.07. The lowest BCUT2D eigenvalue weighted by Crippen LogP contribution is -2.25. The van der Waals surface area contributed by atoms with Crippen molar-refractivity contribution >= 4 is 5.97 Å². The third-order valence-electron chi connectivity index (χ3n) is 6.45. The van der Waals surface area contributed by atoms with E-state index in [1.165, 1.54) is 12.1 Å². The predicted molar refractivity (Wildman–Crippen MR) is 146 cm³/mol. The number of rotatable bonds is 7. The lowest BCUT2D eigenvalue weighted by atomic mass is 10.0. The molecule has 1 aliphatic carbocycles. The van der Waals surface area contributed by atoms with Crippen molar-refractivity contribution in [1.29, 1.82) is 0 Å². The van der Waals surface area contributed by atoms with Crippen LogP contribution in [0.4, 0.5) is 4.39 Å². The van der Waals surface area contributed by atoms with E-state index >= 15 is 0 Å². The van der Waals surface area contributed by atoms with Crippen LogP contribution in [0.25, 0.3) is 34.0 Å². The third-order valence-corrected chi connectivity index (χ3v) is 6.45. The number of aromatic nitrogens is 3. The molecule has 2 atom stereocenters. The Morgan fingerprint density at radius 1 is 1.05 bits per heavy atom. The van der Waals surface area contributed by atoms with E-state index in [9.17, 15) is 9.18 Å². The normalized spacial score (nSPS) is 16.8. The van der Waals surface area contributed by atoms with Gasteiger partial charge in [0.15, 0.2) is 0 Å². The van der Waals surface area contributed by atoms with Gasteiger partial charge in [-0.1, -0.05) is 35.5 Å².